The molecule has 3 aromatic rings. The Morgan fingerprint density at radius 1 is 1.28 bits per heavy atom. The quantitative estimate of drug-likeness (QED) is 0.315. The van der Waals surface area contributed by atoms with Crippen molar-refractivity contribution in [2.24, 2.45) is 0 Å². The molecule has 0 atom stereocenters. The zero-order chi connectivity index (χ0) is 23.2. The molecule has 0 unspecified atom stereocenters. The Morgan fingerprint density at radius 3 is 2.75 bits per heavy atom. The van der Waals surface area contributed by atoms with Crippen LogP contribution in [0.4, 0.5) is 4.79 Å². The third kappa shape index (κ3) is 4.15. The van der Waals surface area contributed by atoms with Gasteiger partial charge in [-0.15, -0.1) is 4.85 Å². The van der Waals surface area contributed by atoms with Gasteiger partial charge in [0.1, 0.15) is 16.4 Å². The topological polar surface area (TPSA) is 113 Å². The van der Waals surface area contributed by atoms with E-state index < -0.39 is 17.7 Å². The smallest absolute Gasteiger partial charge is 0.410 e. The number of amides is 1. The van der Waals surface area contributed by atoms with Crippen molar-refractivity contribution < 1.29 is 24.0 Å². The molecule has 1 aromatic carbocycles. The lowest BCUT2D eigenvalue weighted by Gasteiger charge is -2.32. The molecule has 0 saturated carbocycles. The molecular weight excluding hydrogens is 461 g/mol. The summed E-state index contributed by atoms with van der Waals surface area (Å²) in [5, 5.41) is 15.6. The zero-order valence-corrected chi connectivity index (χ0v) is 19.0. The molecule has 4 rings (SSSR count). The first-order chi connectivity index (χ1) is 15.0. The second-order valence-corrected chi connectivity index (χ2v) is 8.98. The first-order valence-corrected chi connectivity index (χ1v) is 10.4. The van der Waals surface area contributed by atoms with E-state index in [1.54, 1.807) is 37.8 Å². The average molecular weight is 480 g/mol. The summed E-state index contributed by atoms with van der Waals surface area (Å²) in [6.07, 6.45) is 1.39. The molecule has 0 saturated heterocycles. The van der Waals surface area contributed by atoms with E-state index in [-0.39, 0.29) is 38.2 Å². The van der Waals surface area contributed by atoms with Crippen LogP contribution in [0.3, 0.4) is 0 Å². The number of benzene rings is 1. The molecule has 0 fully saturated rings. The van der Waals surface area contributed by atoms with Gasteiger partial charge in [-0.2, -0.15) is 0 Å². The average Bonchev–Trinajstić information content (AvgIpc) is 3.02. The van der Waals surface area contributed by atoms with E-state index in [2.05, 4.69) is 10.2 Å². The van der Waals surface area contributed by atoms with E-state index in [1.807, 2.05) is 0 Å². The Hall–Kier alpha value is -3.11. The van der Waals surface area contributed by atoms with Gasteiger partial charge in [0.25, 0.3) is 0 Å². The second kappa shape index (κ2) is 8.10. The van der Waals surface area contributed by atoms with E-state index in [4.69, 9.17) is 32.8 Å². The highest BCUT2D eigenvalue weighted by atomic mass is 35.5. The highest BCUT2D eigenvalue weighted by molar-refractivity contribution is 6.40. The number of hydrogen-bond acceptors (Lipinski definition) is 7. The van der Waals surface area contributed by atoms with Crippen molar-refractivity contribution in [3.8, 4) is 0 Å². The maximum atomic E-state index is 12.8. The number of fused-ring (bicyclic) bond motifs is 2. The van der Waals surface area contributed by atoms with Gasteiger partial charge in [0.15, 0.2) is 0 Å². The highest BCUT2D eigenvalue weighted by Crippen LogP contribution is 2.35. The van der Waals surface area contributed by atoms with Crippen LogP contribution in [-0.2, 0) is 17.7 Å². The number of carbonyl (C=O) groups is 2. The summed E-state index contributed by atoms with van der Waals surface area (Å²) >= 11 is 12.9. The lowest BCUT2D eigenvalue weighted by atomic mass is 9.97. The van der Waals surface area contributed by atoms with Crippen molar-refractivity contribution in [1.82, 2.24) is 19.9 Å². The Morgan fingerprint density at radius 2 is 2.03 bits per heavy atom. The van der Waals surface area contributed by atoms with Crippen LogP contribution in [-0.4, -0.2) is 44.2 Å². The normalized spacial score (nSPS) is 13.7. The van der Waals surface area contributed by atoms with E-state index in [9.17, 15) is 14.8 Å². The molecule has 0 aliphatic carbocycles. The van der Waals surface area contributed by atoms with Crippen LogP contribution in [0.2, 0.25) is 10.0 Å². The van der Waals surface area contributed by atoms with E-state index in [0.717, 1.165) is 4.85 Å². The summed E-state index contributed by atoms with van der Waals surface area (Å²) in [4.78, 5) is 37.0. The monoisotopic (exact) mass is 479 g/mol. The number of nitrogens with zero attached hydrogens (tertiary/aromatic N) is 5. The van der Waals surface area contributed by atoms with E-state index in [1.165, 1.54) is 12.3 Å². The second-order valence-electron chi connectivity index (χ2n) is 8.20. The number of halogens is 2. The molecule has 1 aliphatic heterocycles. The standard InChI is InChI=1S/C20H19Cl2N5O5/c1-20(2,3)31-19(29)25-8-6-12-11(10-25)9-13(21)15(16(12)22)18(28)32-27-17-14(26(30)24-27)5-4-7-23-17/h4-5,7,9H,6,8,10H2,1-3H3. The Labute approximate surface area is 192 Å². The van der Waals surface area contributed by atoms with Gasteiger partial charge in [-0.05, 0) is 56.5 Å². The van der Waals surface area contributed by atoms with Crippen LogP contribution < -0.4 is 9.68 Å². The van der Waals surface area contributed by atoms with Gasteiger partial charge in [-0.3, -0.25) is 0 Å². The summed E-state index contributed by atoms with van der Waals surface area (Å²) in [5.41, 5.74) is 0.907. The zero-order valence-electron chi connectivity index (χ0n) is 17.5. The van der Waals surface area contributed by atoms with Crippen molar-refractivity contribution in [2.45, 2.75) is 39.3 Å². The predicted octanol–water partition coefficient (Wildman–Crippen LogP) is 2.93. The predicted molar refractivity (Wildman–Crippen MR) is 114 cm³/mol. The van der Waals surface area contributed by atoms with Gasteiger partial charge in [-0.1, -0.05) is 23.2 Å². The lowest BCUT2D eigenvalue weighted by Crippen LogP contribution is -2.40. The molecule has 168 valence electrons. The minimum atomic E-state index is -0.895. The lowest BCUT2D eigenvalue weighted by molar-refractivity contribution is -0.649. The molecular formula is C20H19Cl2N5O5. The van der Waals surface area contributed by atoms with Crippen LogP contribution >= 0.6 is 23.2 Å². The van der Waals surface area contributed by atoms with E-state index >= 15 is 0 Å². The number of carbonyl (C=O) groups excluding carboxylic acids is 2. The van der Waals surface area contributed by atoms with Gasteiger partial charge in [0.2, 0.25) is 5.52 Å². The van der Waals surface area contributed by atoms with Crippen LogP contribution in [0, 0.1) is 5.21 Å². The molecule has 12 heteroatoms. The van der Waals surface area contributed by atoms with Gasteiger partial charge < -0.3 is 14.8 Å². The van der Waals surface area contributed by atoms with Crippen molar-refractivity contribution >= 4 is 46.4 Å². The fraction of sp³-hybridized carbons (Fsp3) is 0.350. The molecule has 1 aliphatic rings. The van der Waals surface area contributed by atoms with E-state index in [0.29, 0.717) is 24.1 Å². The minimum Gasteiger partial charge on any atom is -0.690 e. The number of ether oxygens (including phenoxy) is 1. The molecule has 3 heterocycles. The van der Waals surface area contributed by atoms with Gasteiger partial charge >= 0.3 is 17.7 Å². The van der Waals surface area contributed by atoms with Crippen LogP contribution in [0.25, 0.3) is 11.2 Å². The van der Waals surface area contributed by atoms with Crippen molar-refractivity contribution in [3.63, 3.8) is 0 Å². The molecule has 0 bridgehead atoms. The fourth-order valence-corrected chi connectivity index (χ4v) is 4.10. The number of pyridine rings is 1. The summed E-state index contributed by atoms with van der Waals surface area (Å²) in [6, 6.07) is 4.62. The Bertz CT molecular complexity index is 1240. The maximum absolute atomic E-state index is 12.8. The molecule has 1 amide bonds. The summed E-state index contributed by atoms with van der Waals surface area (Å²) in [7, 11) is 0. The van der Waals surface area contributed by atoms with Gasteiger partial charge in [0.05, 0.1) is 14.9 Å². The molecule has 2 aromatic heterocycles. The largest absolute Gasteiger partial charge is 0.690 e. The highest BCUT2D eigenvalue weighted by Gasteiger charge is 2.31. The van der Waals surface area contributed by atoms with Crippen LogP contribution in [0.1, 0.15) is 42.3 Å². The third-order valence-electron chi connectivity index (χ3n) is 4.75. The third-order valence-corrected chi connectivity index (χ3v) is 5.46. The molecule has 0 N–H and O–H groups in total. The van der Waals surface area contributed by atoms with Crippen molar-refractivity contribution in [2.75, 3.05) is 6.54 Å². The summed E-state index contributed by atoms with van der Waals surface area (Å²) < 4.78 is 5.42. The number of aromatic nitrogens is 4. The summed E-state index contributed by atoms with van der Waals surface area (Å²) in [6.45, 7) is 5.98. The maximum Gasteiger partial charge on any atom is 0.410 e. The summed E-state index contributed by atoms with van der Waals surface area (Å²) in [5.74, 6) is -0.895. The first kappa shape index (κ1) is 22.1. The Kier molecular flexibility index (Phi) is 5.59. The fourth-order valence-electron chi connectivity index (χ4n) is 3.36. The molecule has 0 radical (unpaired) electrons. The van der Waals surface area contributed by atoms with Crippen LogP contribution in [0.15, 0.2) is 24.4 Å². The van der Waals surface area contributed by atoms with Crippen molar-refractivity contribution in [1.29, 1.82) is 0 Å². The van der Waals surface area contributed by atoms with Crippen LogP contribution in [0.5, 0.6) is 0 Å². The number of rotatable bonds is 2. The minimum absolute atomic E-state index is 0.0456. The van der Waals surface area contributed by atoms with Crippen molar-refractivity contribution in [3.05, 3.63) is 56.3 Å². The van der Waals surface area contributed by atoms with Gasteiger partial charge in [-0.25, -0.2) is 19.4 Å². The SMILES string of the molecule is CC(C)(C)OC(=O)N1CCc2c(cc(Cl)c(C(=O)On3n[n+]([O-])c4cccnc43)c2Cl)C1. The molecule has 0 spiro atoms. The van der Waals surface area contributed by atoms with Gasteiger partial charge in [0, 0.05) is 19.3 Å². The first-order valence-electron chi connectivity index (χ1n) is 9.69. The number of hydrogen-bond donors (Lipinski definition) is 0. The Balaban J connectivity index is 1.60. The molecule has 10 nitrogen and oxygen atoms in total. The molecule has 32 heavy (non-hydrogen) atoms.